The molecule has 0 spiro atoms. The number of piperazine rings is 1. The third-order valence-corrected chi connectivity index (χ3v) is 8.19. The van der Waals surface area contributed by atoms with Gasteiger partial charge >= 0.3 is 5.69 Å². The quantitative estimate of drug-likeness (QED) is 0.257. The van der Waals surface area contributed by atoms with Gasteiger partial charge in [-0.15, -0.1) is 0 Å². The number of amides is 1. The van der Waals surface area contributed by atoms with Gasteiger partial charge in [-0.3, -0.25) is 9.78 Å². The fraction of sp³-hybridized carbons (Fsp3) is 0.323. The van der Waals surface area contributed by atoms with Gasteiger partial charge in [-0.1, -0.05) is 61.8 Å². The second-order valence-electron chi connectivity index (χ2n) is 10.8. The third kappa shape index (κ3) is 5.11. The van der Waals surface area contributed by atoms with Gasteiger partial charge in [0.2, 0.25) is 5.91 Å². The van der Waals surface area contributed by atoms with E-state index < -0.39 is 5.69 Å². The molecule has 10 heteroatoms. The number of carbonyl (C=O) groups is 1. The maximum Gasteiger partial charge on any atom is 0.355 e. The van der Waals surface area contributed by atoms with Crippen molar-refractivity contribution in [1.29, 1.82) is 0 Å². The van der Waals surface area contributed by atoms with Crippen LogP contribution in [0.1, 0.15) is 44.9 Å². The van der Waals surface area contributed by atoms with Gasteiger partial charge in [0, 0.05) is 36.9 Å². The zero-order chi connectivity index (χ0) is 29.6. The average Bonchev–Trinajstić information content (AvgIpc) is 2.94. The number of halogens is 2. The largest absolute Gasteiger partial charge is 0.355 e. The molecule has 2 atom stereocenters. The van der Waals surface area contributed by atoms with Crippen LogP contribution in [0.4, 0.5) is 5.82 Å². The number of aryl methyl sites for hydroxylation is 1. The van der Waals surface area contributed by atoms with Crippen LogP contribution in [-0.2, 0) is 4.79 Å². The molecule has 1 fully saturated rings. The van der Waals surface area contributed by atoms with Gasteiger partial charge in [0.1, 0.15) is 5.82 Å². The molecule has 4 aromatic rings. The summed E-state index contributed by atoms with van der Waals surface area (Å²) in [4.78, 5) is 44.6. The molecule has 0 aliphatic carbocycles. The van der Waals surface area contributed by atoms with E-state index in [9.17, 15) is 9.59 Å². The Bertz CT molecular complexity index is 1730. The Morgan fingerprint density at radius 1 is 1.07 bits per heavy atom. The number of hydrogen-bond acceptors (Lipinski definition) is 6. The number of fused-ring (bicyclic) bond motifs is 1. The van der Waals surface area contributed by atoms with Gasteiger partial charge in [-0.2, -0.15) is 4.98 Å². The number of nitrogens with zero attached hydrogens (tertiary/aromatic N) is 6. The smallest absolute Gasteiger partial charge is 0.349 e. The minimum Gasteiger partial charge on any atom is -0.349 e. The summed E-state index contributed by atoms with van der Waals surface area (Å²) in [5.41, 5.74) is 3.33. The minimum absolute atomic E-state index is 0.0400. The highest BCUT2D eigenvalue weighted by Crippen LogP contribution is 2.37. The van der Waals surface area contributed by atoms with E-state index in [0.717, 1.165) is 11.3 Å². The van der Waals surface area contributed by atoms with Gasteiger partial charge in [0.05, 0.1) is 32.5 Å². The number of hydrogen-bond donors (Lipinski definition) is 0. The zero-order valence-corrected chi connectivity index (χ0v) is 25.2. The molecule has 3 aromatic heterocycles. The maximum absolute atomic E-state index is 14.1. The van der Waals surface area contributed by atoms with Crippen molar-refractivity contribution in [2.45, 2.75) is 52.6 Å². The molecule has 0 bridgehead atoms. The summed E-state index contributed by atoms with van der Waals surface area (Å²) >= 11 is 13.5. The zero-order valence-electron chi connectivity index (χ0n) is 23.7. The van der Waals surface area contributed by atoms with Crippen molar-refractivity contribution < 1.29 is 4.79 Å². The SMILES string of the molecule is C=CC(=O)N1C[C@H](C)N(c2nc(=O)n(-c3c(C)ccnc3C(C)C)c3nc(-c4ccccc4Cl)c(Cl)cc23)C[C@H]1C. The van der Waals surface area contributed by atoms with E-state index in [1.54, 1.807) is 27.8 Å². The Morgan fingerprint density at radius 3 is 2.49 bits per heavy atom. The molecular formula is C31H32Cl2N6O2. The van der Waals surface area contributed by atoms with Gasteiger partial charge in [0.25, 0.3) is 0 Å². The van der Waals surface area contributed by atoms with Crippen molar-refractivity contribution in [3.8, 4) is 16.9 Å². The highest BCUT2D eigenvalue weighted by molar-refractivity contribution is 6.36. The second-order valence-corrected chi connectivity index (χ2v) is 11.6. The lowest BCUT2D eigenvalue weighted by atomic mass is 10.0. The molecule has 1 saturated heterocycles. The Hall–Kier alpha value is -3.75. The van der Waals surface area contributed by atoms with Crippen molar-refractivity contribution >= 4 is 46.0 Å². The molecule has 1 aliphatic rings. The summed E-state index contributed by atoms with van der Waals surface area (Å²) in [6.07, 6.45) is 3.08. The van der Waals surface area contributed by atoms with Gasteiger partial charge in [-0.05, 0) is 56.5 Å². The molecule has 0 unspecified atom stereocenters. The first-order valence-corrected chi connectivity index (χ1v) is 14.3. The van der Waals surface area contributed by atoms with E-state index >= 15 is 0 Å². The fourth-order valence-electron chi connectivity index (χ4n) is 5.50. The first-order chi connectivity index (χ1) is 19.5. The molecule has 41 heavy (non-hydrogen) atoms. The lowest BCUT2D eigenvalue weighted by Gasteiger charge is -2.44. The molecule has 8 nitrogen and oxygen atoms in total. The van der Waals surface area contributed by atoms with Crippen LogP contribution in [0.2, 0.25) is 10.0 Å². The Morgan fingerprint density at radius 2 is 1.80 bits per heavy atom. The summed E-state index contributed by atoms with van der Waals surface area (Å²) < 4.78 is 1.54. The summed E-state index contributed by atoms with van der Waals surface area (Å²) in [7, 11) is 0. The monoisotopic (exact) mass is 590 g/mol. The summed E-state index contributed by atoms with van der Waals surface area (Å²) in [5.74, 6) is 0.386. The van der Waals surface area contributed by atoms with Crippen molar-refractivity contribution in [1.82, 2.24) is 24.4 Å². The predicted octanol–water partition coefficient (Wildman–Crippen LogP) is 6.19. The molecule has 212 valence electrons. The molecule has 4 heterocycles. The number of rotatable bonds is 5. The standard InChI is InChI=1S/C31H32Cl2N6O2/c1-7-25(40)37-15-20(6)38(16-19(37)5)29-22-14-24(33)27(21-10-8-9-11-23(21)32)35-30(22)39(31(41)36-29)28-18(4)12-13-34-26(28)17(2)3/h7-14,17,19-20H,1,15-16H2,2-6H3/t19-,20+/m1/s1. The fourth-order valence-corrected chi connectivity index (χ4v) is 5.98. The highest BCUT2D eigenvalue weighted by Gasteiger charge is 2.34. The molecule has 5 rings (SSSR count). The van der Waals surface area contributed by atoms with Gasteiger partial charge in [-0.25, -0.2) is 14.3 Å². The normalized spacial score (nSPS) is 17.4. The van der Waals surface area contributed by atoms with Crippen LogP contribution in [0.5, 0.6) is 0 Å². The second kappa shape index (κ2) is 11.3. The summed E-state index contributed by atoms with van der Waals surface area (Å²) in [6.45, 7) is 14.6. The third-order valence-electron chi connectivity index (χ3n) is 7.57. The van der Waals surface area contributed by atoms with E-state index in [1.807, 2.05) is 58.9 Å². The Labute approximate surface area is 249 Å². The van der Waals surface area contributed by atoms with Crippen LogP contribution >= 0.6 is 23.2 Å². The van der Waals surface area contributed by atoms with Crippen LogP contribution in [-0.4, -0.2) is 55.5 Å². The molecule has 1 amide bonds. The molecule has 0 saturated carbocycles. The van der Waals surface area contributed by atoms with E-state index in [1.165, 1.54) is 6.08 Å². The number of pyridine rings is 2. The molecule has 0 radical (unpaired) electrons. The average molecular weight is 592 g/mol. The first kappa shape index (κ1) is 28.8. The maximum atomic E-state index is 14.1. The Kier molecular flexibility index (Phi) is 7.90. The van der Waals surface area contributed by atoms with Crippen molar-refractivity contribution in [3.05, 3.63) is 87.0 Å². The van der Waals surface area contributed by atoms with E-state index in [-0.39, 0.29) is 23.9 Å². The van der Waals surface area contributed by atoms with Gasteiger partial charge in [0.15, 0.2) is 5.65 Å². The summed E-state index contributed by atoms with van der Waals surface area (Å²) in [6, 6.07) is 10.7. The summed E-state index contributed by atoms with van der Waals surface area (Å²) in [5, 5.41) is 1.49. The predicted molar refractivity (Wildman–Crippen MR) is 165 cm³/mol. The minimum atomic E-state index is -0.477. The number of aromatic nitrogens is 4. The number of benzene rings is 1. The van der Waals surface area contributed by atoms with Crippen molar-refractivity contribution in [2.24, 2.45) is 0 Å². The molecular weight excluding hydrogens is 559 g/mol. The van der Waals surface area contributed by atoms with E-state index in [0.29, 0.717) is 56.9 Å². The molecule has 1 aromatic carbocycles. The van der Waals surface area contributed by atoms with Crippen LogP contribution < -0.4 is 10.6 Å². The number of carbonyl (C=O) groups excluding carboxylic acids is 1. The van der Waals surface area contributed by atoms with Crippen LogP contribution in [0, 0.1) is 6.92 Å². The van der Waals surface area contributed by atoms with Crippen molar-refractivity contribution in [3.63, 3.8) is 0 Å². The molecule has 1 aliphatic heterocycles. The molecule has 0 N–H and O–H groups in total. The first-order valence-electron chi connectivity index (χ1n) is 13.6. The van der Waals surface area contributed by atoms with Crippen LogP contribution in [0.15, 0.2) is 60.0 Å². The Balaban J connectivity index is 1.83. The van der Waals surface area contributed by atoms with Crippen LogP contribution in [0.3, 0.4) is 0 Å². The van der Waals surface area contributed by atoms with Gasteiger partial charge < -0.3 is 9.80 Å². The lowest BCUT2D eigenvalue weighted by Crippen LogP contribution is -2.58. The number of anilines is 1. The van der Waals surface area contributed by atoms with Crippen LogP contribution in [0.25, 0.3) is 28.0 Å². The lowest BCUT2D eigenvalue weighted by molar-refractivity contribution is -0.128. The van der Waals surface area contributed by atoms with E-state index in [4.69, 9.17) is 28.2 Å². The topological polar surface area (TPSA) is 84.2 Å². The van der Waals surface area contributed by atoms with Crippen molar-refractivity contribution in [2.75, 3.05) is 18.0 Å². The van der Waals surface area contributed by atoms with E-state index in [2.05, 4.69) is 21.4 Å². The highest BCUT2D eigenvalue weighted by atomic mass is 35.5.